The van der Waals surface area contributed by atoms with Crippen LogP contribution in [0.4, 0.5) is 0 Å². The number of benzene rings is 2. The Kier molecular flexibility index (Phi) is 9.05. The van der Waals surface area contributed by atoms with E-state index in [9.17, 15) is 19.2 Å². The number of carbonyl (C=O) groups excluding carboxylic acids is 4. The molecule has 30 heavy (non-hydrogen) atoms. The Bertz CT molecular complexity index is 854. The van der Waals surface area contributed by atoms with Crippen LogP contribution in [0.15, 0.2) is 60.7 Å². The molecule has 0 aliphatic carbocycles. The van der Waals surface area contributed by atoms with Crippen molar-refractivity contribution in [2.24, 2.45) is 0 Å². The van der Waals surface area contributed by atoms with Crippen LogP contribution in [0.25, 0.3) is 0 Å². The zero-order valence-corrected chi connectivity index (χ0v) is 16.6. The summed E-state index contributed by atoms with van der Waals surface area (Å²) >= 11 is 0. The number of nitrogens with one attached hydrogen (secondary N) is 2. The van der Waals surface area contributed by atoms with Gasteiger partial charge in [0.15, 0.2) is 0 Å². The minimum atomic E-state index is -1.24. The van der Waals surface area contributed by atoms with Crippen molar-refractivity contribution < 1.29 is 28.7 Å². The summed E-state index contributed by atoms with van der Waals surface area (Å²) < 4.78 is 10.4. The van der Waals surface area contributed by atoms with Gasteiger partial charge in [-0.15, -0.1) is 0 Å². The molecule has 0 saturated heterocycles. The average Bonchev–Trinajstić information content (AvgIpc) is 2.75. The molecule has 8 nitrogen and oxygen atoms in total. The maximum Gasteiger partial charge on any atom is 0.329 e. The first kappa shape index (κ1) is 22.6. The van der Waals surface area contributed by atoms with Crippen molar-refractivity contribution in [2.45, 2.75) is 32.6 Å². The lowest BCUT2D eigenvalue weighted by atomic mass is 10.2. The second-order valence-corrected chi connectivity index (χ2v) is 6.47. The third-order valence-electron chi connectivity index (χ3n) is 3.95. The van der Waals surface area contributed by atoms with Crippen LogP contribution in [0.1, 0.15) is 24.5 Å². The predicted molar refractivity (Wildman–Crippen MR) is 108 cm³/mol. The molecule has 0 heterocycles. The van der Waals surface area contributed by atoms with Gasteiger partial charge >= 0.3 is 11.9 Å². The minimum absolute atomic E-state index is 0.00317. The van der Waals surface area contributed by atoms with E-state index in [0.717, 1.165) is 11.1 Å². The minimum Gasteiger partial charge on any atom is -0.461 e. The van der Waals surface area contributed by atoms with Crippen molar-refractivity contribution >= 4 is 23.8 Å². The summed E-state index contributed by atoms with van der Waals surface area (Å²) in [6, 6.07) is 16.8. The molecule has 0 fully saturated rings. The summed E-state index contributed by atoms with van der Waals surface area (Å²) in [5, 5.41) is 4.74. The molecule has 0 unspecified atom stereocenters. The lowest BCUT2D eigenvalue weighted by Gasteiger charge is -2.17. The summed E-state index contributed by atoms with van der Waals surface area (Å²) in [6.07, 6.45) is -0.397. The highest BCUT2D eigenvalue weighted by Gasteiger charge is 2.26. The first-order chi connectivity index (χ1) is 14.4. The van der Waals surface area contributed by atoms with Gasteiger partial charge in [0.25, 0.3) is 0 Å². The molecule has 158 valence electrons. The van der Waals surface area contributed by atoms with Crippen LogP contribution in [-0.4, -0.2) is 36.3 Å². The van der Waals surface area contributed by atoms with Gasteiger partial charge in [0.05, 0.1) is 13.0 Å². The van der Waals surface area contributed by atoms with Crippen molar-refractivity contribution in [2.75, 3.05) is 6.54 Å². The van der Waals surface area contributed by atoms with Gasteiger partial charge in [0.1, 0.15) is 19.3 Å². The number of hydrogen-bond acceptors (Lipinski definition) is 6. The Labute approximate surface area is 174 Å². The third-order valence-corrected chi connectivity index (χ3v) is 3.95. The summed E-state index contributed by atoms with van der Waals surface area (Å²) in [5.41, 5.74) is 1.56. The van der Waals surface area contributed by atoms with Crippen LogP contribution >= 0.6 is 0 Å². The lowest BCUT2D eigenvalue weighted by Crippen LogP contribution is -2.47. The normalized spacial score (nSPS) is 11.1. The van der Waals surface area contributed by atoms with Gasteiger partial charge in [-0.05, 0) is 11.1 Å². The van der Waals surface area contributed by atoms with Gasteiger partial charge in [-0.3, -0.25) is 14.4 Å². The van der Waals surface area contributed by atoms with E-state index in [2.05, 4.69) is 10.6 Å². The summed E-state index contributed by atoms with van der Waals surface area (Å²) in [5.74, 6) is -2.45. The van der Waals surface area contributed by atoms with Crippen molar-refractivity contribution in [3.8, 4) is 0 Å². The zero-order chi connectivity index (χ0) is 21.8. The molecule has 2 aromatic rings. The Morgan fingerprint density at radius 2 is 1.37 bits per heavy atom. The number of ether oxygens (including phenoxy) is 2. The number of amides is 2. The van der Waals surface area contributed by atoms with Gasteiger partial charge in [-0.1, -0.05) is 60.7 Å². The number of carbonyl (C=O) groups is 4. The van der Waals surface area contributed by atoms with Crippen molar-refractivity contribution in [3.05, 3.63) is 71.8 Å². The number of hydrogen-bond donors (Lipinski definition) is 2. The summed E-state index contributed by atoms with van der Waals surface area (Å²) in [7, 11) is 0. The van der Waals surface area contributed by atoms with Crippen molar-refractivity contribution in [1.82, 2.24) is 10.6 Å². The van der Waals surface area contributed by atoms with Gasteiger partial charge in [-0.2, -0.15) is 0 Å². The van der Waals surface area contributed by atoms with E-state index >= 15 is 0 Å². The van der Waals surface area contributed by atoms with Crippen LogP contribution in [0.5, 0.6) is 0 Å². The molecule has 0 aliphatic rings. The molecule has 0 radical (unpaired) electrons. The molecule has 0 aromatic heterocycles. The predicted octanol–water partition coefficient (Wildman–Crippen LogP) is 1.48. The fourth-order valence-corrected chi connectivity index (χ4v) is 2.44. The van der Waals surface area contributed by atoms with Gasteiger partial charge in [-0.25, -0.2) is 4.79 Å². The fourth-order valence-electron chi connectivity index (χ4n) is 2.44. The largest absolute Gasteiger partial charge is 0.461 e. The number of esters is 2. The zero-order valence-electron chi connectivity index (χ0n) is 16.6. The van der Waals surface area contributed by atoms with E-state index in [0.29, 0.717) is 0 Å². The first-order valence-corrected chi connectivity index (χ1v) is 9.38. The lowest BCUT2D eigenvalue weighted by molar-refractivity contribution is -0.155. The SMILES string of the molecule is CC(=O)NCC(=O)N[C@H](CC(=O)OCc1ccccc1)C(=O)OCc1ccccc1. The highest BCUT2D eigenvalue weighted by molar-refractivity contribution is 5.90. The Morgan fingerprint density at radius 3 is 1.90 bits per heavy atom. The highest BCUT2D eigenvalue weighted by Crippen LogP contribution is 2.07. The second-order valence-electron chi connectivity index (χ2n) is 6.47. The topological polar surface area (TPSA) is 111 Å². The van der Waals surface area contributed by atoms with Crippen LogP contribution in [0.3, 0.4) is 0 Å². The van der Waals surface area contributed by atoms with E-state index in [-0.39, 0.29) is 19.8 Å². The molecular weight excluding hydrogens is 388 g/mol. The van der Waals surface area contributed by atoms with Crippen LogP contribution in [0.2, 0.25) is 0 Å². The molecule has 2 N–H and O–H groups in total. The maximum absolute atomic E-state index is 12.5. The smallest absolute Gasteiger partial charge is 0.329 e. The highest BCUT2D eigenvalue weighted by atomic mass is 16.5. The standard InChI is InChI=1S/C22H24N2O6/c1-16(25)23-13-20(26)24-19(22(28)30-15-18-10-6-3-7-11-18)12-21(27)29-14-17-8-4-2-5-9-17/h2-11,19H,12-15H2,1H3,(H,23,25)(H,24,26)/t19-/m1/s1. The molecule has 0 spiro atoms. The Hall–Kier alpha value is -3.68. The van der Waals surface area contributed by atoms with E-state index in [1.54, 1.807) is 36.4 Å². The van der Waals surface area contributed by atoms with E-state index in [1.807, 2.05) is 24.3 Å². The summed E-state index contributed by atoms with van der Waals surface area (Å²) in [4.78, 5) is 47.6. The molecule has 0 saturated carbocycles. The monoisotopic (exact) mass is 412 g/mol. The molecule has 8 heteroatoms. The van der Waals surface area contributed by atoms with E-state index in [4.69, 9.17) is 9.47 Å². The molecule has 2 aromatic carbocycles. The average molecular weight is 412 g/mol. The Morgan fingerprint density at radius 1 is 0.833 bits per heavy atom. The van der Waals surface area contributed by atoms with Gasteiger partial charge in [0, 0.05) is 6.92 Å². The maximum atomic E-state index is 12.5. The molecule has 2 amide bonds. The van der Waals surface area contributed by atoms with Gasteiger partial charge in [0.2, 0.25) is 11.8 Å². The third kappa shape index (κ3) is 8.55. The summed E-state index contributed by atoms with van der Waals surface area (Å²) in [6.45, 7) is 0.985. The first-order valence-electron chi connectivity index (χ1n) is 9.38. The van der Waals surface area contributed by atoms with E-state index < -0.39 is 36.2 Å². The molecule has 1 atom stereocenters. The fraction of sp³-hybridized carbons (Fsp3) is 0.273. The van der Waals surface area contributed by atoms with Crippen LogP contribution in [-0.2, 0) is 41.9 Å². The molecular formula is C22H24N2O6. The Balaban J connectivity index is 1.94. The molecule has 0 aliphatic heterocycles. The second kappa shape index (κ2) is 12.0. The molecule has 0 bridgehead atoms. The quantitative estimate of drug-likeness (QED) is 0.572. The van der Waals surface area contributed by atoms with Crippen LogP contribution < -0.4 is 10.6 Å². The van der Waals surface area contributed by atoms with Crippen molar-refractivity contribution in [3.63, 3.8) is 0 Å². The molecule has 2 rings (SSSR count). The van der Waals surface area contributed by atoms with Gasteiger partial charge < -0.3 is 20.1 Å². The van der Waals surface area contributed by atoms with E-state index in [1.165, 1.54) is 6.92 Å². The number of rotatable bonds is 10. The van der Waals surface area contributed by atoms with Crippen LogP contribution in [0, 0.1) is 0 Å². The van der Waals surface area contributed by atoms with Crippen molar-refractivity contribution in [1.29, 1.82) is 0 Å².